The lowest BCUT2D eigenvalue weighted by Crippen LogP contribution is -2.63. The Hall–Kier alpha value is -7.29. The number of alkyl halides is 8. The summed E-state index contributed by atoms with van der Waals surface area (Å²) in [5.41, 5.74) is -4.27. The number of anilines is 1. The first kappa shape index (κ1) is 61.3. The van der Waals surface area contributed by atoms with Crippen LogP contribution in [0.4, 0.5) is 59.4 Å². The predicted molar refractivity (Wildman–Crippen MR) is 267 cm³/mol. The minimum atomic E-state index is -5.23. The highest BCUT2D eigenvalue weighted by Crippen LogP contribution is 2.42. The number of aliphatic hydroxyl groups is 1. The van der Waals surface area contributed by atoms with Gasteiger partial charge in [-0.25, -0.2) is 42.1 Å². The molecule has 29 heteroatoms. The molecule has 4 amide bonds. The Morgan fingerprint density at radius 2 is 1.36 bits per heavy atom. The number of hydrazine groups is 1. The van der Waals surface area contributed by atoms with E-state index in [1.807, 2.05) is 10.7 Å². The molecule has 5 N–H and O–H groups in total. The van der Waals surface area contributed by atoms with E-state index in [2.05, 4.69) is 51.5 Å². The second-order valence-electron chi connectivity index (χ2n) is 20.9. The molecule has 81 heavy (non-hydrogen) atoms. The molecule has 3 saturated heterocycles. The summed E-state index contributed by atoms with van der Waals surface area (Å²) in [6.45, 7) is 2.30. The van der Waals surface area contributed by atoms with Crippen molar-refractivity contribution in [2.24, 2.45) is 10.8 Å². The van der Waals surface area contributed by atoms with Crippen molar-refractivity contribution < 1.29 is 82.4 Å². The number of piperazine rings is 1. The van der Waals surface area contributed by atoms with Gasteiger partial charge in [-0.2, -0.15) is 31.4 Å². The maximum absolute atomic E-state index is 16.1. The Kier molecular flexibility index (Phi) is 18.8. The molecule has 3 aliphatic heterocycles. The van der Waals surface area contributed by atoms with Crippen LogP contribution in [-0.4, -0.2) is 167 Å². The molecule has 5 heterocycles. The van der Waals surface area contributed by atoms with E-state index in [9.17, 15) is 59.4 Å². The summed E-state index contributed by atoms with van der Waals surface area (Å²) < 4.78 is 161. The quantitative estimate of drug-likeness (QED) is 0.0420. The van der Waals surface area contributed by atoms with E-state index < -0.39 is 121 Å². The molecule has 2 aromatic heterocycles. The Bertz CT molecular complexity index is 2930. The fraction of sp³-hybridized carbons (Fsp3) is 0.519. The SMILES string of the molecule is COC(=O)N[C@H](C(=O)N[C@@H](Cc1ccc(C#Cc2cnc(N3C[C@H]4C[C@@H]3CN4C3COC3)nc2)cc1)[C@@H](O)CN(Cc1c(F)cc(-c2ccn(CC(F)F)n2)cc1F)NC(=O)[C@@H](NC(=O)OC)C(C)(C)C(F)(F)F)C(C)(C)C(F)(F)F. The Labute approximate surface area is 458 Å². The van der Waals surface area contributed by atoms with E-state index in [1.54, 1.807) is 17.7 Å². The van der Waals surface area contributed by atoms with Gasteiger partial charge in [0.2, 0.25) is 11.9 Å². The van der Waals surface area contributed by atoms with Gasteiger partial charge in [0, 0.05) is 73.5 Å². The molecule has 0 spiro atoms. The van der Waals surface area contributed by atoms with Crippen LogP contribution in [0.5, 0.6) is 0 Å². The van der Waals surface area contributed by atoms with Gasteiger partial charge in [0.1, 0.15) is 30.3 Å². The third-order valence-corrected chi connectivity index (χ3v) is 14.6. The number of aromatic nitrogens is 4. The summed E-state index contributed by atoms with van der Waals surface area (Å²) >= 11 is 0. The van der Waals surface area contributed by atoms with Crippen LogP contribution in [-0.2, 0) is 43.3 Å². The van der Waals surface area contributed by atoms with Crippen molar-refractivity contribution in [2.45, 2.75) is 115 Å². The molecule has 7 rings (SSSR count). The smallest absolute Gasteiger partial charge is 0.407 e. The van der Waals surface area contributed by atoms with Crippen LogP contribution < -0.4 is 26.3 Å². The zero-order chi connectivity index (χ0) is 59.4. The molecule has 6 atom stereocenters. The molecule has 2 bridgehead atoms. The maximum atomic E-state index is 16.1. The van der Waals surface area contributed by atoms with E-state index in [-0.39, 0.29) is 22.9 Å². The molecular formula is C52H59F10N11O8. The lowest BCUT2D eigenvalue weighted by Gasteiger charge is -2.42. The number of benzene rings is 2. The number of fused-ring (bicyclic) bond motifs is 2. The molecule has 0 saturated carbocycles. The van der Waals surface area contributed by atoms with Gasteiger partial charge in [-0.3, -0.25) is 24.6 Å². The molecule has 4 aromatic rings. The van der Waals surface area contributed by atoms with Crippen molar-refractivity contribution in [3.63, 3.8) is 0 Å². The van der Waals surface area contributed by atoms with Gasteiger partial charge in [-0.1, -0.05) is 24.0 Å². The molecule has 0 radical (unpaired) electrons. The summed E-state index contributed by atoms with van der Waals surface area (Å²) in [5, 5.41) is 22.4. The molecular weight excluding hydrogens is 1100 g/mol. The highest BCUT2D eigenvalue weighted by atomic mass is 19.4. The molecule has 3 aliphatic rings. The van der Waals surface area contributed by atoms with Crippen LogP contribution in [0.25, 0.3) is 11.3 Å². The number of ether oxygens (including phenoxy) is 3. The molecule has 19 nitrogen and oxygen atoms in total. The number of aliphatic hydroxyl groups excluding tert-OH is 1. The maximum Gasteiger partial charge on any atom is 0.407 e. The number of alkyl carbamates (subject to hydrolysis) is 2. The second kappa shape index (κ2) is 24.8. The minimum absolute atomic E-state index is 0.157. The number of hydrogen-bond acceptors (Lipinski definition) is 14. The van der Waals surface area contributed by atoms with Crippen molar-refractivity contribution in [3.05, 3.63) is 94.9 Å². The topological polar surface area (TPSA) is 218 Å². The van der Waals surface area contributed by atoms with Crippen molar-refractivity contribution in [2.75, 3.05) is 52.0 Å². The predicted octanol–water partition coefficient (Wildman–Crippen LogP) is 5.49. The molecule has 0 unspecified atom stereocenters. The van der Waals surface area contributed by atoms with E-state index in [0.29, 0.717) is 61.9 Å². The minimum Gasteiger partial charge on any atom is -0.453 e. The number of amides is 4. The highest BCUT2D eigenvalue weighted by Gasteiger charge is 2.57. The monoisotopic (exact) mass is 1160 g/mol. The van der Waals surface area contributed by atoms with Gasteiger partial charge in [-0.05, 0) is 76.4 Å². The number of likely N-dealkylation sites (tertiary alicyclic amines) is 1. The van der Waals surface area contributed by atoms with Crippen molar-refractivity contribution in [1.82, 2.24) is 51.0 Å². The number of methoxy groups -OCH3 is 2. The van der Waals surface area contributed by atoms with Crippen LogP contribution >= 0.6 is 0 Å². The standard InChI is InChI=1S/C52H59F10N11O8/c1-49(2,51(57,58)59)42(66-47(77)79-5)44(75)65-39(15-29-10-7-28(8-11-29)9-12-30-19-63-46(64-20-30)73-22-32-18-33(73)21-72(32)34-26-81-27-34)40(74)24-71(69-45(76)43(67-48(78)80-6)50(3,4)52(60,61)62)23-35-36(53)16-31(17-37(35)54)38-13-14-70(68-38)25-41(55)56/h7-8,10-11,13-14,16-17,19-20,32-34,39-43,74H,15,18,21-27H2,1-6H3,(H,65,75)(H,66,77)(H,67,78)(H,69,76)/t32-,33-,39+,40+,42-,43-/m1/s1. The fourth-order valence-electron chi connectivity index (χ4n) is 9.41. The first-order valence-corrected chi connectivity index (χ1v) is 25.2. The van der Waals surface area contributed by atoms with Gasteiger partial charge in [0.15, 0.2) is 0 Å². The highest BCUT2D eigenvalue weighted by molar-refractivity contribution is 5.87. The summed E-state index contributed by atoms with van der Waals surface area (Å²) in [6.07, 6.45) is -13.6. The normalized spacial score (nSPS) is 18.3. The molecule has 3 fully saturated rings. The number of halogens is 10. The van der Waals surface area contributed by atoms with Gasteiger partial charge in [0.25, 0.3) is 12.3 Å². The Morgan fingerprint density at radius 3 is 1.86 bits per heavy atom. The second-order valence-corrected chi connectivity index (χ2v) is 20.9. The van der Waals surface area contributed by atoms with E-state index in [4.69, 9.17) is 4.74 Å². The summed E-state index contributed by atoms with van der Waals surface area (Å²) in [5.74, 6) is 0.520. The average molecular weight is 1160 g/mol. The number of carbonyl (C=O) groups excluding carboxylic acids is 4. The third-order valence-electron chi connectivity index (χ3n) is 14.6. The van der Waals surface area contributed by atoms with Crippen molar-refractivity contribution in [1.29, 1.82) is 0 Å². The zero-order valence-corrected chi connectivity index (χ0v) is 44.5. The molecule has 2 aromatic carbocycles. The van der Waals surface area contributed by atoms with Crippen LogP contribution in [0.15, 0.2) is 61.1 Å². The van der Waals surface area contributed by atoms with E-state index in [1.165, 1.54) is 30.3 Å². The summed E-state index contributed by atoms with van der Waals surface area (Å²) in [6, 6.07) is 2.94. The van der Waals surface area contributed by atoms with Gasteiger partial charge in [0.05, 0.1) is 67.7 Å². The van der Waals surface area contributed by atoms with E-state index >= 15 is 8.78 Å². The number of nitrogens with zero attached hydrogens (tertiary/aromatic N) is 7. The van der Waals surface area contributed by atoms with Crippen LogP contribution in [0.2, 0.25) is 0 Å². The third kappa shape index (κ3) is 14.4. The lowest BCUT2D eigenvalue weighted by molar-refractivity contribution is -0.221. The number of carbonyl (C=O) groups is 4. The largest absolute Gasteiger partial charge is 0.453 e. The van der Waals surface area contributed by atoms with Crippen LogP contribution in [0, 0.1) is 34.3 Å². The molecule has 440 valence electrons. The van der Waals surface area contributed by atoms with Crippen molar-refractivity contribution >= 4 is 29.9 Å². The first-order valence-electron chi connectivity index (χ1n) is 25.2. The average Bonchev–Trinajstić information content (AvgIpc) is 4.37. The van der Waals surface area contributed by atoms with Crippen LogP contribution in [0.1, 0.15) is 56.4 Å². The first-order chi connectivity index (χ1) is 38.0. The summed E-state index contributed by atoms with van der Waals surface area (Å²) in [7, 11) is 1.61. The van der Waals surface area contributed by atoms with Gasteiger partial charge < -0.3 is 40.2 Å². The number of nitrogens with one attached hydrogen (secondary N) is 4. The lowest BCUT2D eigenvalue weighted by atomic mass is 9.82. The van der Waals surface area contributed by atoms with Crippen LogP contribution in [0.3, 0.4) is 0 Å². The summed E-state index contributed by atoms with van der Waals surface area (Å²) in [4.78, 5) is 66.6. The number of rotatable bonds is 20. The Balaban J connectivity index is 1.18. The van der Waals surface area contributed by atoms with Gasteiger partial charge >= 0.3 is 24.5 Å². The fourth-order valence-corrected chi connectivity index (χ4v) is 9.41. The van der Waals surface area contributed by atoms with Gasteiger partial charge in [-0.15, -0.1) is 0 Å². The zero-order valence-electron chi connectivity index (χ0n) is 44.5. The van der Waals surface area contributed by atoms with E-state index in [0.717, 1.165) is 70.0 Å². The number of hydrogen-bond donors (Lipinski definition) is 5. The Morgan fingerprint density at radius 1 is 0.790 bits per heavy atom. The van der Waals surface area contributed by atoms with Crippen molar-refractivity contribution in [3.8, 4) is 23.1 Å². The molecule has 0 aliphatic carbocycles.